The summed E-state index contributed by atoms with van der Waals surface area (Å²) in [6, 6.07) is 4.05. The van der Waals surface area contributed by atoms with Gasteiger partial charge in [0.1, 0.15) is 0 Å². The van der Waals surface area contributed by atoms with E-state index in [1.165, 1.54) is 12.1 Å². The molecule has 1 unspecified atom stereocenters. The number of carbonyl (C=O) groups is 1. The maximum atomic E-state index is 13.5. The van der Waals surface area contributed by atoms with Gasteiger partial charge in [0.2, 0.25) is 5.91 Å². The summed E-state index contributed by atoms with van der Waals surface area (Å²) in [5.41, 5.74) is 5.97. The molecule has 0 radical (unpaired) electrons. The molecule has 0 saturated carbocycles. The van der Waals surface area contributed by atoms with Crippen molar-refractivity contribution >= 4 is 5.91 Å². The smallest absolute Gasteiger partial charge is 0.227 e. The number of halogens is 2. The lowest BCUT2D eigenvalue weighted by molar-refractivity contribution is -0.132. The maximum Gasteiger partial charge on any atom is 0.227 e. The van der Waals surface area contributed by atoms with Gasteiger partial charge < -0.3 is 10.6 Å². The predicted molar refractivity (Wildman–Crippen MR) is 73.0 cm³/mol. The average molecular weight is 282 g/mol. The fraction of sp³-hybridized carbons (Fsp3) is 0.533. The van der Waals surface area contributed by atoms with E-state index in [0.717, 1.165) is 18.9 Å². The molecule has 5 heteroatoms. The molecular weight excluding hydrogens is 262 g/mol. The lowest BCUT2D eigenvalue weighted by atomic mass is 9.91. The molecule has 1 fully saturated rings. The number of benzene rings is 1. The molecule has 1 aliphatic heterocycles. The highest BCUT2D eigenvalue weighted by Gasteiger charge is 2.25. The van der Waals surface area contributed by atoms with Crippen LogP contribution < -0.4 is 5.73 Å². The number of hydrogen-bond donors (Lipinski definition) is 1. The van der Waals surface area contributed by atoms with Crippen molar-refractivity contribution in [2.24, 2.45) is 11.7 Å². The third-order valence-corrected chi connectivity index (χ3v) is 4.01. The van der Waals surface area contributed by atoms with Crippen molar-refractivity contribution in [3.63, 3.8) is 0 Å². The van der Waals surface area contributed by atoms with Gasteiger partial charge in [0, 0.05) is 24.7 Å². The summed E-state index contributed by atoms with van der Waals surface area (Å²) in [6.45, 7) is 3.26. The Balaban J connectivity index is 1.95. The van der Waals surface area contributed by atoms with Crippen molar-refractivity contribution in [1.29, 1.82) is 0 Å². The molecule has 0 spiro atoms. The Morgan fingerprint density at radius 2 is 2.05 bits per heavy atom. The molecule has 2 N–H and O–H groups in total. The average Bonchev–Trinajstić information content (AvgIpc) is 2.44. The van der Waals surface area contributed by atoms with Crippen molar-refractivity contribution in [3.05, 3.63) is 35.4 Å². The molecule has 0 aromatic heterocycles. The Kier molecular flexibility index (Phi) is 4.70. The minimum Gasteiger partial charge on any atom is -0.342 e. The highest BCUT2D eigenvalue weighted by molar-refractivity contribution is 5.78. The lowest BCUT2D eigenvalue weighted by Crippen LogP contribution is -2.43. The summed E-state index contributed by atoms with van der Waals surface area (Å²) in [5, 5.41) is 0. The van der Waals surface area contributed by atoms with Gasteiger partial charge in [-0.25, -0.2) is 8.78 Å². The molecule has 3 nitrogen and oxygen atoms in total. The van der Waals surface area contributed by atoms with E-state index < -0.39 is 11.6 Å². The van der Waals surface area contributed by atoms with Crippen molar-refractivity contribution < 1.29 is 13.6 Å². The highest BCUT2D eigenvalue weighted by atomic mass is 19.2. The zero-order valence-corrected chi connectivity index (χ0v) is 11.6. The van der Waals surface area contributed by atoms with Crippen LogP contribution in [0.5, 0.6) is 0 Å². The van der Waals surface area contributed by atoms with Crippen LogP contribution in [0.2, 0.25) is 0 Å². The van der Waals surface area contributed by atoms with Gasteiger partial charge in [-0.1, -0.05) is 12.1 Å². The van der Waals surface area contributed by atoms with Gasteiger partial charge in [-0.05, 0) is 31.7 Å². The third kappa shape index (κ3) is 3.33. The van der Waals surface area contributed by atoms with Gasteiger partial charge in [0.15, 0.2) is 11.6 Å². The van der Waals surface area contributed by atoms with Crippen LogP contribution >= 0.6 is 0 Å². The molecule has 1 aromatic carbocycles. The molecule has 20 heavy (non-hydrogen) atoms. The number of nitrogens with two attached hydrogens (primary N) is 1. The molecule has 1 aliphatic rings. The number of carbonyl (C=O) groups excluding carboxylic acids is 1. The first-order chi connectivity index (χ1) is 9.49. The minimum atomic E-state index is -0.925. The Morgan fingerprint density at radius 3 is 2.65 bits per heavy atom. The highest BCUT2D eigenvalue weighted by Crippen LogP contribution is 2.21. The second-order valence-electron chi connectivity index (χ2n) is 5.47. The third-order valence-electron chi connectivity index (χ3n) is 4.01. The van der Waals surface area contributed by atoms with Crippen LogP contribution in [0.15, 0.2) is 18.2 Å². The van der Waals surface area contributed by atoms with E-state index in [9.17, 15) is 13.6 Å². The van der Waals surface area contributed by atoms with E-state index in [0.29, 0.717) is 19.0 Å². The van der Waals surface area contributed by atoms with Gasteiger partial charge in [0.05, 0.1) is 6.42 Å². The summed E-state index contributed by atoms with van der Waals surface area (Å²) in [7, 11) is 0. The second kappa shape index (κ2) is 6.31. The number of amides is 1. The molecule has 1 aromatic rings. The first-order valence-electron chi connectivity index (χ1n) is 6.95. The Bertz CT molecular complexity index is 483. The molecule has 2 rings (SSSR count). The molecule has 0 aliphatic carbocycles. The standard InChI is InChI=1S/C15H20F2N2O/c1-10(18)11-5-7-19(8-6-11)14(20)9-12-3-2-4-13(16)15(12)17/h2-4,10-11H,5-9,18H2,1H3. The van der Waals surface area contributed by atoms with Crippen molar-refractivity contribution in [2.75, 3.05) is 13.1 Å². The van der Waals surface area contributed by atoms with Gasteiger partial charge in [-0.3, -0.25) is 4.79 Å². The molecular formula is C15H20F2N2O. The van der Waals surface area contributed by atoms with E-state index >= 15 is 0 Å². The molecule has 0 bridgehead atoms. The summed E-state index contributed by atoms with van der Waals surface area (Å²) in [6.07, 6.45) is 1.65. The van der Waals surface area contributed by atoms with E-state index in [1.54, 1.807) is 4.90 Å². The Morgan fingerprint density at radius 1 is 1.40 bits per heavy atom. The largest absolute Gasteiger partial charge is 0.342 e. The van der Waals surface area contributed by atoms with E-state index in [4.69, 9.17) is 5.73 Å². The number of nitrogens with zero attached hydrogens (tertiary/aromatic N) is 1. The van der Waals surface area contributed by atoms with Gasteiger partial charge >= 0.3 is 0 Å². The first-order valence-corrected chi connectivity index (χ1v) is 6.95. The summed E-state index contributed by atoms with van der Waals surface area (Å²) >= 11 is 0. The number of rotatable bonds is 3. The first kappa shape index (κ1) is 14.9. The van der Waals surface area contributed by atoms with Crippen LogP contribution in [0.1, 0.15) is 25.3 Å². The van der Waals surface area contributed by atoms with E-state index in [2.05, 4.69) is 0 Å². The van der Waals surface area contributed by atoms with Crippen molar-refractivity contribution in [2.45, 2.75) is 32.2 Å². The second-order valence-corrected chi connectivity index (χ2v) is 5.47. The maximum absolute atomic E-state index is 13.5. The van der Waals surface area contributed by atoms with Crippen molar-refractivity contribution in [3.8, 4) is 0 Å². The fourth-order valence-corrected chi connectivity index (χ4v) is 2.63. The van der Waals surface area contributed by atoms with Crippen LogP contribution in [0, 0.1) is 17.6 Å². The van der Waals surface area contributed by atoms with Crippen LogP contribution in [0.4, 0.5) is 8.78 Å². The zero-order valence-electron chi connectivity index (χ0n) is 11.6. The molecule has 1 amide bonds. The fourth-order valence-electron chi connectivity index (χ4n) is 2.63. The topological polar surface area (TPSA) is 46.3 Å². The molecule has 1 heterocycles. The number of piperidine rings is 1. The summed E-state index contributed by atoms with van der Waals surface area (Å²) in [4.78, 5) is 13.8. The van der Waals surface area contributed by atoms with Crippen LogP contribution in [0.3, 0.4) is 0 Å². The minimum absolute atomic E-state index is 0.0908. The number of hydrogen-bond acceptors (Lipinski definition) is 2. The number of likely N-dealkylation sites (tertiary alicyclic amines) is 1. The molecule has 1 saturated heterocycles. The zero-order chi connectivity index (χ0) is 14.7. The van der Waals surface area contributed by atoms with Crippen molar-refractivity contribution in [1.82, 2.24) is 4.90 Å². The van der Waals surface area contributed by atoms with Gasteiger partial charge in [-0.2, -0.15) is 0 Å². The SMILES string of the molecule is CC(N)C1CCN(C(=O)Cc2cccc(F)c2F)CC1. The normalized spacial score (nSPS) is 18.1. The monoisotopic (exact) mass is 282 g/mol. The quantitative estimate of drug-likeness (QED) is 0.922. The van der Waals surface area contributed by atoms with E-state index in [-0.39, 0.29) is 23.9 Å². The summed E-state index contributed by atoms with van der Waals surface area (Å²) in [5.74, 6) is -1.56. The van der Waals surface area contributed by atoms with Crippen LogP contribution in [0.25, 0.3) is 0 Å². The van der Waals surface area contributed by atoms with E-state index in [1.807, 2.05) is 6.92 Å². The molecule has 1 atom stereocenters. The Hall–Kier alpha value is -1.49. The van der Waals surface area contributed by atoms with Crippen LogP contribution in [-0.2, 0) is 11.2 Å². The van der Waals surface area contributed by atoms with Gasteiger partial charge in [-0.15, -0.1) is 0 Å². The Labute approximate surface area is 117 Å². The molecule has 110 valence electrons. The van der Waals surface area contributed by atoms with Gasteiger partial charge in [0.25, 0.3) is 0 Å². The summed E-state index contributed by atoms with van der Waals surface area (Å²) < 4.78 is 26.6. The van der Waals surface area contributed by atoms with Crippen LogP contribution in [-0.4, -0.2) is 29.9 Å². The predicted octanol–water partition coefficient (Wildman–Crippen LogP) is 2.09. The lowest BCUT2D eigenvalue weighted by Gasteiger charge is -2.33.